The minimum Gasteiger partial charge on any atom is -0.490 e. The first-order valence-corrected chi connectivity index (χ1v) is 9.48. The van der Waals surface area contributed by atoms with Gasteiger partial charge in [-0.15, -0.1) is 0 Å². The van der Waals surface area contributed by atoms with Gasteiger partial charge < -0.3 is 4.74 Å². The summed E-state index contributed by atoms with van der Waals surface area (Å²) in [6, 6.07) is 10.6. The number of hydrogen-bond donors (Lipinski definition) is 1. The number of halogens is 1. The van der Waals surface area contributed by atoms with Crippen LogP contribution in [0, 0.1) is 12.7 Å². The minimum atomic E-state index is -3.75. The molecule has 1 saturated carbocycles. The van der Waals surface area contributed by atoms with Gasteiger partial charge in [-0.25, -0.2) is 12.8 Å². The van der Waals surface area contributed by atoms with Crippen LogP contribution in [0.5, 0.6) is 5.75 Å². The van der Waals surface area contributed by atoms with Crippen molar-refractivity contribution in [3.05, 3.63) is 53.8 Å². The Morgan fingerprint density at radius 1 is 1.08 bits per heavy atom. The maximum atomic E-state index is 13.3. The molecular weight excluding hydrogens is 329 g/mol. The van der Waals surface area contributed by atoms with Crippen LogP contribution in [0.4, 0.5) is 10.1 Å². The molecule has 24 heavy (non-hydrogen) atoms. The smallest absolute Gasteiger partial charge is 0.261 e. The summed E-state index contributed by atoms with van der Waals surface area (Å²) in [5.74, 6) is 0.310. The number of ether oxygens (including phenoxy) is 1. The summed E-state index contributed by atoms with van der Waals surface area (Å²) in [5, 5.41) is 0. The van der Waals surface area contributed by atoms with E-state index < -0.39 is 15.8 Å². The van der Waals surface area contributed by atoms with Gasteiger partial charge in [0, 0.05) is 5.69 Å². The summed E-state index contributed by atoms with van der Waals surface area (Å²) >= 11 is 0. The molecule has 0 unspecified atom stereocenters. The minimum absolute atomic E-state index is 0.0349. The van der Waals surface area contributed by atoms with Crippen LogP contribution in [0.3, 0.4) is 0 Å². The number of anilines is 1. The highest BCUT2D eigenvalue weighted by atomic mass is 32.2. The topological polar surface area (TPSA) is 55.4 Å². The van der Waals surface area contributed by atoms with E-state index >= 15 is 0 Å². The zero-order valence-electron chi connectivity index (χ0n) is 13.5. The largest absolute Gasteiger partial charge is 0.490 e. The van der Waals surface area contributed by atoms with Gasteiger partial charge in [-0.2, -0.15) is 0 Å². The first-order chi connectivity index (χ1) is 11.4. The van der Waals surface area contributed by atoms with Crippen molar-refractivity contribution in [2.24, 2.45) is 0 Å². The fourth-order valence-electron chi connectivity index (χ4n) is 2.80. The van der Waals surface area contributed by atoms with E-state index in [1.807, 2.05) is 0 Å². The van der Waals surface area contributed by atoms with Gasteiger partial charge in [-0.05, 0) is 80.6 Å². The molecule has 0 radical (unpaired) electrons. The van der Waals surface area contributed by atoms with Crippen LogP contribution >= 0.6 is 0 Å². The quantitative estimate of drug-likeness (QED) is 0.878. The van der Waals surface area contributed by atoms with E-state index in [1.54, 1.807) is 24.3 Å². The molecule has 1 aliphatic carbocycles. The van der Waals surface area contributed by atoms with Gasteiger partial charge >= 0.3 is 0 Å². The van der Waals surface area contributed by atoms with E-state index in [0.717, 1.165) is 24.7 Å². The Hall–Kier alpha value is -2.08. The van der Waals surface area contributed by atoms with Crippen LogP contribution in [-0.4, -0.2) is 14.5 Å². The summed E-state index contributed by atoms with van der Waals surface area (Å²) in [4.78, 5) is 0.0349. The van der Waals surface area contributed by atoms with Crippen molar-refractivity contribution in [3.63, 3.8) is 0 Å². The second-order valence-corrected chi connectivity index (χ2v) is 7.75. The van der Waals surface area contributed by atoms with E-state index in [1.165, 1.54) is 31.9 Å². The van der Waals surface area contributed by atoms with Crippen LogP contribution in [0.25, 0.3) is 0 Å². The van der Waals surface area contributed by atoms with Crippen molar-refractivity contribution >= 4 is 15.7 Å². The van der Waals surface area contributed by atoms with Crippen molar-refractivity contribution in [2.45, 2.75) is 43.6 Å². The van der Waals surface area contributed by atoms with E-state index in [0.29, 0.717) is 5.69 Å². The third-order valence-electron chi connectivity index (χ3n) is 4.15. The van der Waals surface area contributed by atoms with Gasteiger partial charge in [-0.1, -0.05) is 0 Å². The average Bonchev–Trinajstić information content (AvgIpc) is 3.04. The van der Waals surface area contributed by atoms with E-state index in [2.05, 4.69) is 4.72 Å². The lowest BCUT2D eigenvalue weighted by Gasteiger charge is -2.14. The van der Waals surface area contributed by atoms with Crippen molar-refractivity contribution < 1.29 is 17.5 Å². The number of benzene rings is 2. The Morgan fingerprint density at radius 2 is 1.75 bits per heavy atom. The predicted octanol–water partition coefficient (Wildman–Crippen LogP) is 4.26. The third kappa shape index (κ3) is 3.87. The van der Waals surface area contributed by atoms with E-state index in [-0.39, 0.29) is 16.6 Å². The molecular formula is C18H20FNO3S. The molecule has 4 nitrogen and oxygen atoms in total. The van der Waals surface area contributed by atoms with E-state index in [9.17, 15) is 12.8 Å². The zero-order chi connectivity index (χ0) is 17.2. The molecule has 0 amide bonds. The molecule has 0 bridgehead atoms. The molecule has 2 aromatic carbocycles. The van der Waals surface area contributed by atoms with Crippen molar-refractivity contribution in [3.8, 4) is 5.75 Å². The van der Waals surface area contributed by atoms with Gasteiger partial charge in [0.2, 0.25) is 0 Å². The Bertz CT molecular complexity index is 813. The maximum absolute atomic E-state index is 13.3. The van der Waals surface area contributed by atoms with Crippen LogP contribution in [0.15, 0.2) is 47.4 Å². The molecule has 6 heteroatoms. The highest BCUT2D eigenvalue weighted by molar-refractivity contribution is 7.92. The number of aryl methyl sites for hydroxylation is 1. The Labute approximate surface area is 141 Å². The molecule has 3 rings (SSSR count). The highest BCUT2D eigenvalue weighted by Crippen LogP contribution is 2.26. The van der Waals surface area contributed by atoms with Crippen LogP contribution in [0.2, 0.25) is 0 Å². The fourth-order valence-corrected chi connectivity index (χ4v) is 3.94. The molecule has 0 atom stereocenters. The monoisotopic (exact) mass is 349 g/mol. The van der Waals surface area contributed by atoms with Gasteiger partial charge in [0.25, 0.3) is 10.0 Å². The maximum Gasteiger partial charge on any atom is 0.261 e. The molecule has 128 valence electrons. The molecule has 1 aliphatic rings. The molecule has 1 N–H and O–H groups in total. The molecule has 0 heterocycles. The molecule has 1 fully saturated rings. The van der Waals surface area contributed by atoms with Crippen LogP contribution < -0.4 is 9.46 Å². The molecule has 0 spiro atoms. The second-order valence-electron chi connectivity index (χ2n) is 6.07. The first kappa shape index (κ1) is 16.8. The van der Waals surface area contributed by atoms with Crippen molar-refractivity contribution in [1.82, 2.24) is 0 Å². The Morgan fingerprint density at radius 3 is 2.38 bits per heavy atom. The highest BCUT2D eigenvalue weighted by Gasteiger charge is 2.17. The SMILES string of the molecule is Cc1cc(S(=O)(=O)Nc2ccc(OC3CCCC3)cc2)ccc1F. The predicted molar refractivity (Wildman–Crippen MR) is 91.3 cm³/mol. The van der Waals surface area contributed by atoms with Crippen molar-refractivity contribution in [1.29, 1.82) is 0 Å². The van der Waals surface area contributed by atoms with Crippen LogP contribution in [0.1, 0.15) is 31.2 Å². The summed E-state index contributed by atoms with van der Waals surface area (Å²) in [7, 11) is -3.75. The second kappa shape index (κ2) is 6.81. The third-order valence-corrected chi connectivity index (χ3v) is 5.53. The fraction of sp³-hybridized carbons (Fsp3) is 0.333. The molecule has 0 aliphatic heterocycles. The lowest BCUT2D eigenvalue weighted by atomic mass is 10.2. The normalized spacial score (nSPS) is 15.4. The lowest BCUT2D eigenvalue weighted by Crippen LogP contribution is -2.13. The summed E-state index contributed by atoms with van der Waals surface area (Å²) in [6.07, 6.45) is 4.78. The van der Waals surface area contributed by atoms with Gasteiger partial charge in [0.1, 0.15) is 11.6 Å². The lowest BCUT2D eigenvalue weighted by molar-refractivity contribution is 0.210. The summed E-state index contributed by atoms with van der Waals surface area (Å²) < 4.78 is 46.4. The summed E-state index contributed by atoms with van der Waals surface area (Å²) in [5.41, 5.74) is 0.730. The van der Waals surface area contributed by atoms with Gasteiger partial charge in [-0.3, -0.25) is 4.72 Å². The summed E-state index contributed by atoms with van der Waals surface area (Å²) in [6.45, 7) is 1.53. The van der Waals surface area contributed by atoms with Crippen LogP contribution in [-0.2, 0) is 10.0 Å². The Balaban J connectivity index is 1.71. The van der Waals surface area contributed by atoms with Gasteiger partial charge in [0.05, 0.1) is 11.0 Å². The van der Waals surface area contributed by atoms with Crippen molar-refractivity contribution in [2.75, 3.05) is 4.72 Å². The number of hydrogen-bond acceptors (Lipinski definition) is 3. The first-order valence-electron chi connectivity index (χ1n) is 8.00. The zero-order valence-corrected chi connectivity index (χ0v) is 14.3. The molecule has 0 aromatic heterocycles. The Kier molecular flexibility index (Phi) is 4.76. The molecule has 2 aromatic rings. The molecule has 0 saturated heterocycles. The van der Waals surface area contributed by atoms with E-state index in [4.69, 9.17) is 4.74 Å². The van der Waals surface area contributed by atoms with Gasteiger partial charge in [0.15, 0.2) is 0 Å². The number of sulfonamides is 1. The number of nitrogens with one attached hydrogen (secondary N) is 1. The number of rotatable bonds is 5. The average molecular weight is 349 g/mol. The standard InChI is InChI=1S/C18H20FNO3S/c1-13-12-17(10-11-18(13)19)24(21,22)20-14-6-8-16(9-7-14)23-15-4-2-3-5-15/h6-12,15,20H,2-5H2,1H3.